The number of nitrogens with zero attached hydrogens (tertiary/aromatic N) is 2. The van der Waals surface area contributed by atoms with E-state index in [0.717, 1.165) is 24.5 Å². The molecule has 0 spiro atoms. The maximum absolute atomic E-state index is 11.7. The van der Waals surface area contributed by atoms with Gasteiger partial charge in [0, 0.05) is 17.8 Å². The molecule has 2 rings (SSSR count). The summed E-state index contributed by atoms with van der Waals surface area (Å²) in [5.74, 6) is 0. The van der Waals surface area contributed by atoms with Crippen LogP contribution in [-0.4, -0.2) is 33.1 Å². The molecule has 1 aliphatic rings. The van der Waals surface area contributed by atoms with Crippen molar-refractivity contribution in [3.05, 3.63) is 10.5 Å². The van der Waals surface area contributed by atoms with Crippen LogP contribution in [0.15, 0.2) is 9.95 Å². The van der Waals surface area contributed by atoms with E-state index in [4.69, 9.17) is 0 Å². The average molecular weight is 284 g/mol. The van der Waals surface area contributed by atoms with Gasteiger partial charge in [0.15, 0.2) is 5.16 Å². The Morgan fingerprint density at radius 2 is 2.32 bits per heavy atom. The van der Waals surface area contributed by atoms with Crippen LogP contribution in [0, 0.1) is 5.41 Å². The topological polar surface area (TPSA) is 62.7 Å². The SMILES string of the molecule is CCCn1c(SC2CCC(C)(C)C2NC)n[nH]c1=O. The Labute approximate surface area is 118 Å². The lowest BCUT2D eigenvalue weighted by Crippen LogP contribution is -2.41. The summed E-state index contributed by atoms with van der Waals surface area (Å²) in [4.78, 5) is 11.7. The summed E-state index contributed by atoms with van der Waals surface area (Å²) in [5, 5.41) is 11.5. The van der Waals surface area contributed by atoms with Crippen molar-refractivity contribution in [3.8, 4) is 0 Å². The van der Waals surface area contributed by atoms with E-state index in [1.54, 1.807) is 16.3 Å². The molecule has 0 bridgehead atoms. The van der Waals surface area contributed by atoms with Crippen molar-refractivity contribution in [1.29, 1.82) is 0 Å². The number of thioether (sulfide) groups is 1. The van der Waals surface area contributed by atoms with Gasteiger partial charge in [0.25, 0.3) is 0 Å². The molecule has 0 aliphatic heterocycles. The van der Waals surface area contributed by atoms with Gasteiger partial charge < -0.3 is 5.32 Å². The summed E-state index contributed by atoms with van der Waals surface area (Å²) in [6.07, 6.45) is 3.31. The summed E-state index contributed by atoms with van der Waals surface area (Å²) in [6, 6.07) is 0.458. The molecule has 1 aromatic rings. The second kappa shape index (κ2) is 5.71. The molecule has 0 aromatic carbocycles. The molecule has 6 heteroatoms. The number of aromatic amines is 1. The Morgan fingerprint density at radius 1 is 1.58 bits per heavy atom. The summed E-state index contributed by atoms with van der Waals surface area (Å²) < 4.78 is 1.75. The number of rotatable bonds is 5. The van der Waals surface area contributed by atoms with Crippen LogP contribution in [0.4, 0.5) is 0 Å². The minimum Gasteiger partial charge on any atom is -0.315 e. The molecule has 19 heavy (non-hydrogen) atoms. The van der Waals surface area contributed by atoms with Crippen molar-refractivity contribution in [2.45, 2.75) is 63.0 Å². The normalized spacial score (nSPS) is 25.9. The van der Waals surface area contributed by atoms with E-state index < -0.39 is 0 Å². The van der Waals surface area contributed by atoms with E-state index in [2.05, 4.69) is 36.3 Å². The van der Waals surface area contributed by atoms with Crippen LogP contribution in [0.1, 0.15) is 40.0 Å². The van der Waals surface area contributed by atoms with E-state index in [-0.39, 0.29) is 5.69 Å². The first-order chi connectivity index (χ1) is 8.99. The van der Waals surface area contributed by atoms with Gasteiger partial charge in [0.2, 0.25) is 0 Å². The van der Waals surface area contributed by atoms with E-state index in [1.165, 1.54) is 6.42 Å². The van der Waals surface area contributed by atoms with Gasteiger partial charge in [-0.15, -0.1) is 5.10 Å². The Kier molecular flexibility index (Phi) is 4.40. The molecule has 0 saturated heterocycles. The van der Waals surface area contributed by atoms with Crippen molar-refractivity contribution >= 4 is 11.8 Å². The van der Waals surface area contributed by atoms with Crippen LogP contribution in [0.25, 0.3) is 0 Å². The number of hydrogen-bond donors (Lipinski definition) is 2. The maximum atomic E-state index is 11.7. The fourth-order valence-corrected chi connectivity index (χ4v) is 4.54. The van der Waals surface area contributed by atoms with Crippen LogP contribution in [0.2, 0.25) is 0 Å². The third-order valence-corrected chi connectivity index (χ3v) is 5.36. The summed E-state index contributed by atoms with van der Waals surface area (Å²) in [7, 11) is 2.02. The smallest absolute Gasteiger partial charge is 0.315 e. The van der Waals surface area contributed by atoms with Gasteiger partial charge in [0.05, 0.1) is 0 Å². The highest BCUT2D eigenvalue weighted by Gasteiger charge is 2.42. The minimum absolute atomic E-state index is 0.0948. The third kappa shape index (κ3) is 2.89. The number of H-pyrrole nitrogens is 1. The quantitative estimate of drug-likeness (QED) is 0.866. The van der Waals surface area contributed by atoms with Crippen LogP contribution in [-0.2, 0) is 6.54 Å². The predicted octanol–water partition coefficient (Wildman–Crippen LogP) is 1.85. The number of aromatic nitrogens is 3. The standard InChI is InChI=1S/C13H24N4OS/c1-5-8-17-11(18)15-16-12(17)19-9-6-7-13(2,3)10(9)14-4/h9-10,14H,5-8H2,1-4H3,(H,15,18). The highest BCUT2D eigenvalue weighted by atomic mass is 32.2. The Bertz CT molecular complexity index is 479. The summed E-state index contributed by atoms with van der Waals surface area (Å²) >= 11 is 1.73. The Hall–Kier alpha value is -0.750. The molecular weight excluding hydrogens is 260 g/mol. The first-order valence-electron chi connectivity index (χ1n) is 6.98. The van der Waals surface area contributed by atoms with Gasteiger partial charge in [-0.05, 0) is 31.7 Å². The molecule has 1 aromatic heterocycles. The Morgan fingerprint density at radius 3 is 2.95 bits per heavy atom. The zero-order chi connectivity index (χ0) is 14.0. The van der Waals surface area contributed by atoms with E-state index in [1.807, 2.05) is 7.05 Å². The largest absolute Gasteiger partial charge is 0.343 e. The highest BCUT2D eigenvalue weighted by molar-refractivity contribution is 7.99. The van der Waals surface area contributed by atoms with Crippen molar-refractivity contribution in [2.75, 3.05) is 7.05 Å². The van der Waals surface area contributed by atoms with Crippen molar-refractivity contribution in [3.63, 3.8) is 0 Å². The second-order valence-electron chi connectivity index (χ2n) is 5.91. The van der Waals surface area contributed by atoms with Crippen LogP contribution >= 0.6 is 11.8 Å². The van der Waals surface area contributed by atoms with Crippen molar-refractivity contribution < 1.29 is 0 Å². The highest BCUT2D eigenvalue weighted by Crippen LogP contribution is 2.44. The van der Waals surface area contributed by atoms with Gasteiger partial charge in [0.1, 0.15) is 0 Å². The van der Waals surface area contributed by atoms with E-state index in [9.17, 15) is 4.79 Å². The molecule has 108 valence electrons. The molecular formula is C13H24N4OS. The monoisotopic (exact) mass is 284 g/mol. The first kappa shape index (κ1) is 14.7. The van der Waals surface area contributed by atoms with E-state index in [0.29, 0.717) is 16.7 Å². The number of hydrogen-bond acceptors (Lipinski definition) is 4. The molecule has 1 saturated carbocycles. The maximum Gasteiger partial charge on any atom is 0.343 e. The van der Waals surface area contributed by atoms with Gasteiger partial charge >= 0.3 is 5.69 Å². The minimum atomic E-state index is -0.0948. The average Bonchev–Trinajstić information content (AvgIpc) is 2.83. The summed E-state index contributed by atoms with van der Waals surface area (Å²) in [5.41, 5.74) is 0.209. The van der Waals surface area contributed by atoms with Gasteiger partial charge in [-0.25, -0.2) is 9.89 Å². The third-order valence-electron chi connectivity index (χ3n) is 4.03. The number of nitrogens with one attached hydrogen (secondary N) is 2. The molecule has 1 fully saturated rings. The van der Waals surface area contributed by atoms with Gasteiger partial charge in [-0.1, -0.05) is 32.5 Å². The zero-order valence-electron chi connectivity index (χ0n) is 12.2. The Balaban J connectivity index is 2.16. The van der Waals surface area contributed by atoms with Gasteiger partial charge in [-0.3, -0.25) is 4.57 Å². The first-order valence-corrected chi connectivity index (χ1v) is 7.86. The molecule has 1 aliphatic carbocycles. The van der Waals surface area contributed by atoms with Crippen LogP contribution in [0.3, 0.4) is 0 Å². The van der Waals surface area contributed by atoms with Crippen molar-refractivity contribution in [2.24, 2.45) is 5.41 Å². The predicted molar refractivity (Wildman–Crippen MR) is 78.6 cm³/mol. The molecule has 0 radical (unpaired) electrons. The second-order valence-corrected chi connectivity index (χ2v) is 7.12. The fourth-order valence-electron chi connectivity index (χ4n) is 2.99. The molecule has 2 unspecified atom stereocenters. The molecule has 2 N–H and O–H groups in total. The van der Waals surface area contributed by atoms with Crippen LogP contribution < -0.4 is 11.0 Å². The fraction of sp³-hybridized carbons (Fsp3) is 0.846. The lowest BCUT2D eigenvalue weighted by atomic mass is 9.87. The van der Waals surface area contributed by atoms with Crippen LogP contribution in [0.5, 0.6) is 0 Å². The molecule has 1 heterocycles. The molecule has 0 amide bonds. The lowest BCUT2D eigenvalue weighted by Gasteiger charge is -2.29. The van der Waals surface area contributed by atoms with Gasteiger partial charge in [-0.2, -0.15) is 0 Å². The van der Waals surface area contributed by atoms with E-state index >= 15 is 0 Å². The molecule has 5 nitrogen and oxygen atoms in total. The lowest BCUT2D eigenvalue weighted by molar-refractivity contribution is 0.300. The zero-order valence-corrected chi connectivity index (χ0v) is 13.0. The molecule has 2 atom stereocenters. The van der Waals surface area contributed by atoms with Crippen molar-refractivity contribution in [1.82, 2.24) is 20.1 Å². The summed E-state index contributed by atoms with van der Waals surface area (Å²) in [6.45, 7) is 7.41.